The number of benzene rings is 1. The molecule has 4 atom stereocenters. The summed E-state index contributed by atoms with van der Waals surface area (Å²) >= 11 is 0. The predicted octanol–water partition coefficient (Wildman–Crippen LogP) is -0.0980. The van der Waals surface area contributed by atoms with Crippen LogP contribution in [0, 0.1) is 0 Å². The largest absolute Gasteiger partial charge is 0.467 e. The standard InChI is InChI=1S/C17H16N2O6S/c1-17(2)11(16(23)25-3)19-14(22)10(15(19)26(17)24)18-12(20)8-6-4-5-7-9(8)13(18)21/h4-7,10-11,15H,1-3H3/t10-,11-,15-,26?/m0/s1. The number of β-lactam (4-membered cyclic amide) rings is 1. The Morgan fingerprint density at radius 1 is 1.12 bits per heavy atom. The molecule has 0 saturated carbocycles. The Kier molecular flexibility index (Phi) is 3.40. The molecule has 1 unspecified atom stereocenters. The van der Waals surface area contributed by atoms with Gasteiger partial charge in [-0.1, -0.05) is 12.1 Å². The van der Waals surface area contributed by atoms with E-state index < -0.39 is 56.7 Å². The van der Waals surface area contributed by atoms with E-state index in [4.69, 9.17) is 4.74 Å². The molecule has 1 aromatic rings. The highest BCUT2D eigenvalue weighted by atomic mass is 32.2. The Morgan fingerprint density at radius 2 is 1.65 bits per heavy atom. The number of carbonyl (C=O) groups is 4. The average molecular weight is 376 g/mol. The van der Waals surface area contributed by atoms with Crippen molar-refractivity contribution in [2.24, 2.45) is 0 Å². The van der Waals surface area contributed by atoms with E-state index in [2.05, 4.69) is 0 Å². The van der Waals surface area contributed by atoms with Crippen LogP contribution in [0.1, 0.15) is 34.6 Å². The molecule has 3 aliphatic heterocycles. The van der Waals surface area contributed by atoms with Crippen molar-refractivity contribution < 1.29 is 28.1 Å². The minimum atomic E-state index is -1.66. The molecule has 3 amide bonds. The lowest BCUT2D eigenvalue weighted by Crippen LogP contribution is -2.72. The lowest BCUT2D eigenvalue weighted by atomic mass is 9.95. The molecule has 2 fully saturated rings. The summed E-state index contributed by atoms with van der Waals surface area (Å²) in [4.78, 5) is 52.3. The number of esters is 1. The Hall–Kier alpha value is -2.55. The van der Waals surface area contributed by atoms with Gasteiger partial charge < -0.3 is 9.64 Å². The number of imide groups is 1. The summed E-state index contributed by atoms with van der Waals surface area (Å²) in [6, 6.07) is 4.11. The van der Waals surface area contributed by atoms with Gasteiger partial charge in [-0.25, -0.2) is 4.79 Å². The minimum absolute atomic E-state index is 0.219. The smallest absolute Gasteiger partial charge is 0.330 e. The summed E-state index contributed by atoms with van der Waals surface area (Å²) in [7, 11) is -0.462. The molecule has 136 valence electrons. The molecule has 0 radical (unpaired) electrons. The molecule has 0 N–H and O–H groups in total. The van der Waals surface area contributed by atoms with E-state index in [0.717, 1.165) is 4.90 Å². The first-order chi connectivity index (χ1) is 12.2. The number of amides is 3. The van der Waals surface area contributed by atoms with Crippen LogP contribution in [0.15, 0.2) is 24.3 Å². The number of fused-ring (bicyclic) bond motifs is 2. The normalized spacial score (nSPS) is 31.6. The highest BCUT2D eigenvalue weighted by Crippen LogP contribution is 2.46. The second-order valence-corrected chi connectivity index (χ2v) is 9.06. The van der Waals surface area contributed by atoms with E-state index >= 15 is 0 Å². The third-order valence-corrected chi connectivity index (χ3v) is 7.44. The Bertz CT molecular complexity index is 875. The first kappa shape index (κ1) is 16.9. The topological polar surface area (TPSA) is 101 Å². The minimum Gasteiger partial charge on any atom is -0.467 e. The molecule has 3 heterocycles. The molecular formula is C17H16N2O6S. The number of carbonyl (C=O) groups excluding carboxylic acids is 4. The van der Waals surface area contributed by atoms with Crippen LogP contribution in [0.2, 0.25) is 0 Å². The van der Waals surface area contributed by atoms with Crippen molar-refractivity contribution in [3.8, 4) is 0 Å². The lowest BCUT2D eigenvalue weighted by Gasteiger charge is -2.45. The van der Waals surface area contributed by atoms with Crippen molar-refractivity contribution in [1.29, 1.82) is 0 Å². The maximum absolute atomic E-state index is 13.0. The van der Waals surface area contributed by atoms with Gasteiger partial charge in [-0.3, -0.25) is 23.5 Å². The van der Waals surface area contributed by atoms with Crippen molar-refractivity contribution in [3.05, 3.63) is 35.4 Å². The van der Waals surface area contributed by atoms with Gasteiger partial charge in [-0.2, -0.15) is 0 Å². The van der Waals surface area contributed by atoms with Crippen LogP contribution in [0.3, 0.4) is 0 Å². The van der Waals surface area contributed by atoms with Gasteiger partial charge in [0.15, 0.2) is 6.04 Å². The van der Waals surface area contributed by atoms with Crippen molar-refractivity contribution in [1.82, 2.24) is 9.80 Å². The number of hydrogen-bond acceptors (Lipinski definition) is 6. The maximum atomic E-state index is 13.0. The highest BCUT2D eigenvalue weighted by Gasteiger charge is 2.71. The van der Waals surface area contributed by atoms with E-state index in [1.54, 1.807) is 26.0 Å². The molecule has 0 bridgehead atoms. The Labute approximate surface area is 151 Å². The zero-order chi connectivity index (χ0) is 19.0. The average Bonchev–Trinajstić information content (AvgIpc) is 2.97. The number of nitrogens with zero attached hydrogens (tertiary/aromatic N) is 2. The van der Waals surface area contributed by atoms with E-state index in [0.29, 0.717) is 0 Å². The second-order valence-electron chi connectivity index (χ2n) is 6.93. The fourth-order valence-corrected chi connectivity index (χ4v) is 5.88. The SMILES string of the molecule is COC(=O)[C@@H]1N2C(=O)[C@H](N3C(=O)c4ccccc4C3=O)[C@@H]2S(=O)C1(C)C. The van der Waals surface area contributed by atoms with Gasteiger partial charge in [0, 0.05) is 0 Å². The fraction of sp³-hybridized carbons (Fsp3) is 0.412. The number of hydrogen-bond donors (Lipinski definition) is 0. The van der Waals surface area contributed by atoms with Crippen LogP contribution in [0.4, 0.5) is 0 Å². The zero-order valence-electron chi connectivity index (χ0n) is 14.3. The first-order valence-corrected chi connectivity index (χ1v) is 9.22. The molecule has 2 saturated heterocycles. The summed E-state index contributed by atoms with van der Waals surface area (Å²) in [6.07, 6.45) is 0. The fourth-order valence-electron chi connectivity index (χ4n) is 3.93. The summed E-state index contributed by atoms with van der Waals surface area (Å²) in [6.45, 7) is 3.21. The third kappa shape index (κ3) is 1.81. The molecule has 9 heteroatoms. The lowest BCUT2D eigenvalue weighted by molar-refractivity contribution is -0.164. The molecule has 0 aliphatic carbocycles. The van der Waals surface area contributed by atoms with Crippen molar-refractivity contribution >= 4 is 34.5 Å². The van der Waals surface area contributed by atoms with E-state index in [1.807, 2.05) is 0 Å². The molecule has 8 nitrogen and oxygen atoms in total. The van der Waals surface area contributed by atoms with Crippen LogP contribution >= 0.6 is 0 Å². The zero-order valence-corrected chi connectivity index (χ0v) is 15.1. The van der Waals surface area contributed by atoms with Crippen LogP contribution in [-0.4, -0.2) is 67.0 Å². The second kappa shape index (κ2) is 5.23. The van der Waals surface area contributed by atoms with Gasteiger partial charge in [0.25, 0.3) is 17.7 Å². The van der Waals surface area contributed by atoms with E-state index in [9.17, 15) is 23.4 Å². The number of rotatable bonds is 2. The Morgan fingerprint density at radius 3 is 2.15 bits per heavy atom. The monoisotopic (exact) mass is 376 g/mol. The summed E-state index contributed by atoms with van der Waals surface area (Å²) < 4.78 is 16.7. The summed E-state index contributed by atoms with van der Waals surface area (Å²) in [5, 5.41) is -0.913. The number of methoxy groups -OCH3 is 1. The van der Waals surface area contributed by atoms with Crippen molar-refractivity contribution in [2.75, 3.05) is 7.11 Å². The van der Waals surface area contributed by atoms with E-state index in [1.165, 1.54) is 24.1 Å². The third-order valence-electron chi connectivity index (χ3n) is 5.25. The predicted molar refractivity (Wildman–Crippen MR) is 89.4 cm³/mol. The molecular weight excluding hydrogens is 360 g/mol. The molecule has 4 rings (SSSR count). The van der Waals surface area contributed by atoms with Gasteiger partial charge >= 0.3 is 5.97 Å². The van der Waals surface area contributed by atoms with Crippen molar-refractivity contribution in [3.63, 3.8) is 0 Å². The van der Waals surface area contributed by atoms with Gasteiger partial charge in [0.1, 0.15) is 11.4 Å². The maximum Gasteiger partial charge on any atom is 0.330 e. The summed E-state index contributed by atoms with van der Waals surface area (Å²) in [5.41, 5.74) is 0.438. The van der Waals surface area contributed by atoms with Crippen LogP contribution < -0.4 is 0 Å². The van der Waals surface area contributed by atoms with Crippen LogP contribution in [0.25, 0.3) is 0 Å². The molecule has 0 aromatic heterocycles. The molecule has 1 aromatic carbocycles. The number of ether oxygens (including phenoxy) is 1. The van der Waals surface area contributed by atoms with Crippen LogP contribution in [0.5, 0.6) is 0 Å². The quantitative estimate of drug-likeness (QED) is 0.406. The van der Waals surface area contributed by atoms with E-state index in [-0.39, 0.29) is 11.1 Å². The molecule has 0 spiro atoms. The first-order valence-electron chi connectivity index (χ1n) is 8.01. The van der Waals surface area contributed by atoms with Crippen LogP contribution in [-0.2, 0) is 25.1 Å². The van der Waals surface area contributed by atoms with Gasteiger partial charge in [-0.15, -0.1) is 0 Å². The molecule has 26 heavy (non-hydrogen) atoms. The van der Waals surface area contributed by atoms with Gasteiger partial charge in [-0.05, 0) is 26.0 Å². The Balaban J connectivity index is 1.73. The molecule has 3 aliphatic rings. The van der Waals surface area contributed by atoms with Gasteiger partial charge in [0.2, 0.25) is 0 Å². The van der Waals surface area contributed by atoms with Gasteiger partial charge in [0.05, 0.1) is 33.8 Å². The van der Waals surface area contributed by atoms with Crippen molar-refractivity contribution in [2.45, 2.75) is 36.1 Å². The summed E-state index contributed by atoms with van der Waals surface area (Å²) in [5.74, 6) is -2.40. The highest BCUT2D eigenvalue weighted by molar-refractivity contribution is 7.87.